The second-order valence-electron chi connectivity index (χ2n) is 4.18. The molecule has 0 radical (unpaired) electrons. The zero-order valence-corrected chi connectivity index (χ0v) is 11.6. The maximum Gasteiger partial charge on any atom is 0.244 e. The van der Waals surface area contributed by atoms with Gasteiger partial charge in [0.1, 0.15) is 6.04 Å². The highest BCUT2D eigenvalue weighted by Crippen LogP contribution is 2.24. The summed E-state index contributed by atoms with van der Waals surface area (Å²) < 4.78 is 0. The average molecular weight is 270 g/mol. The first kappa shape index (κ1) is 12.9. The molecule has 1 amide bonds. The van der Waals surface area contributed by atoms with E-state index in [9.17, 15) is 4.79 Å². The molecule has 1 saturated heterocycles. The standard InChI is InChI=1S/C12H18N2OS2/c1-2-9-8-14(5-7-16-9)12(15)11(13)10-4-3-6-17-10/h3-4,6,9,11H,2,5,7-8,13H2,1H3. The van der Waals surface area contributed by atoms with Crippen molar-refractivity contribution >= 4 is 29.0 Å². The predicted octanol–water partition coefficient (Wildman–Crippen LogP) is 2.10. The van der Waals surface area contributed by atoms with E-state index in [2.05, 4.69) is 6.92 Å². The van der Waals surface area contributed by atoms with Crippen LogP contribution in [0.25, 0.3) is 0 Å². The Bertz CT molecular complexity index is 367. The molecule has 1 aliphatic rings. The number of amides is 1. The van der Waals surface area contributed by atoms with Gasteiger partial charge in [-0.05, 0) is 17.9 Å². The van der Waals surface area contributed by atoms with Gasteiger partial charge in [0.05, 0.1) is 0 Å². The van der Waals surface area contributed by atoms with Crippen LogP contribution in [0.4, 0.5) is 0 Å². The Hall–Kier alpha value is -0.520. The third-order valence-electron chi connectivity index (χ3n) is 3.02. The number of carbonyl (C=O) groups excluding carboxylic acids is 1. The number of thiophene rings is 1. The number of rotatable bonds is 3. The van der Waals surface area contributed by atoms with E-state index in [1.54, 1.807) is 11.3 Å². The molecule has 94 valence electrons. The van der Waals surface area contributed by atoms with Crippen LogP contribution < -0.4 is 5.73 Å². The van der Waals surface area contributed by atoms with Crippen molar-refractivity contribution in [1.82, 2.24) is 4.90 Å². The van der Waals surface area contributed by atoms with E-state index < -0.39 is 6.04 Å². The van der Waals surface area contributed by atoms with Crippen LogP contribution in [0.2, 0.25) is 0 Å². The molecule has 0 aliphatic carbocycles. The number of thioether (sulfide) groups is 1. The molecule has 1 fully saturated rings. The van der Waals surface area contributed by atoms with Gasteiger partial charge in [0.25, 0.3) is 0 Å². The smallest absolute Gasteiger partial charge is 0.244 e. The van der Waals surface area contributed by atoms with Crippen molar-refractivity contribution in [3.05, 3.63) is 22.4 Å². The van der Waals surface area contributed by atoms with Crippen LogP contribution in [0.3, 0.4) is 0 Å². The summed E-state index contributed by atoms with van der Waals surface area (Å²) in [5.41, 5.74) is 6.01. The van der Waals surface area contributed by atoms with Gasteiger partial charge in [-0.3, -0.25) is 4.79 Å². The van der Waals surface area contributed by atoms with Gasteiger partial charge in [-0.15, -0.1) is 11.3 Å². The highest BCUT2D eigenvalue weighted by Gasteiger charge is 2.27. The van der Waals surface area contributed by atoms with E-state index in [0.29, 0.717) is 5.25 Å². The summed E-state index contributed by atoms with van der Waals surface area (Å²) in [4.78, 5) is 15.1. The Morgan fingerprint density at radius 1 is 1.71 bits per heavy atom. The lowest BCUT2D eigenvalue weighted by Crippen LogP contribution is -2.45. The highest BCUT2D eigenvalue weighted by atomic mass is 32.2. The molecule has 0 bridgehead atoms. The van der Waals surface area contributed by atoms with Crippen molar-refractivity contribution in [1.29, 1.82) is 0 Å². The molecule has 1 aromatic heterocycles. The quantitative estimate of drug-likeness (QED) is 0.915. The monoisotopic (exact) mass is 270 g/mol. The summed E-state index contributed by atoms with van der Waals surface area (Å²) in [7, 11) is 0. The molecular weight excluding hydrogens is 252 g/mol. The molecule has 5 heteroatoms. The molecule has 2 unspecified atom stereocenters. The predicted molar refractivity (Wildman–Crippen MR) is 74.4 cm³/mol. The summed E-state index contributed by atoms with van der Waals surface area (Å²) in [6, 6.07) is 3.40. The number of hydrogen-bond donors (Lipinski definition) is 1. The maximum atomic E-state index is 12.3. The SMILES string of the molecule is CCC1CN(C(=O)C(N)c2cccs2)CCS1. The Balaban J connectivity index is 1.99. The van der Waals surface area contributed by atoms with Crippen LogP contribution in [0.5, 0.6) is 0 Å². The Morgan fingerprint density at radius 2 is 2.53 bits per heavy atom. The Kier molecular flexibility index (Phi) is 4.48. The van der Waals surface area contributed by atoms with Crippen LogP contribution in [0.15, 0.2) is 17.5 Å². The first-order chi connectivity index (χ1) is 8.22. The van der Waals surface area contributed by atoms with Gasteiger partial charge in [0, 0.05) is 29.0 Å². The van der Waals surface area contributed by atoms with Gasteiger partial charge in [-0.1, -0.05) is 13.0 Å². The Labute approximate surface area is 110 Å². The van der Waals surface area contributed by atoms with Crippen molar-refractivity contribution in [3.8, 4) is 0 Å². The summed E-state index contributed by atoms with van der Waals surface area (Å²) in [5.74, 6) is 1.10. The minimum atomic E-state index is -0.476. The van der Waals surface area contributed by atoms with Crippen LogP contribution in [0.1, 0.15) is 24.3 Å². The minimum Gasteiger partial charge on any atom is -0.339 e. The van der Waals surface area contributed by atoms with Gasteiger partial charge in [-0.25, -0.2) is 0 Å². The first-order valence-electron chi connectivity index (χ1n) is 5.91. The largest absolute Gasteiger partial charge is 0.339 e. The molecule has 17 heavy (non-hydrogen) atoms. The van der Waals surface area contributed by atoms with E-state index in [1.807, 2.05) is 34.2 Å². The highest BCUT2D eigenvalue weighted by molar-refractivity contribution is 8.00. The van der Waals surface area contributed by atoms with Crippen LogP contribution in [-0.4, -0.2) is 34.9 Å². The fraction of sp³-hybridized carbons (Fsp3) is 0.583. The average Bonchev–Trinajstić information content (AvgIpc) is 2.91. The number of nitrogens with zero attached hydrogens (tertiary/aromatic N) is 1. The third-order valence-corrected chi connectivity index (χ3v) is 5.35. The van der Waals surface area contributed by atoms with E-state index in [1.165, 1.54) is 0 Å². The molecule has 3 nitrogen and oxygen atoms in total. The molecule has 0 spiro atoms. The van der Waals surface area contributed by atoms with Crippen LogP contribution >= 0.6 is 23.1 Å². The lowest BCUT2D eigenvalue weighted by molar-refractivity contribution is -0.132. The lowest BCUT2D eigenvalue weighted by Gasteiger charge is -2.33. The summed E-state index contributed by atoms with van der Waals surface area (Å²) >= 11 is 3.51. The van der Waals surface area contributed by atoms with Gasteiger partial charge < -0.3 is 10.6 Å². The van der Waals surface area contributed by atoms with Gasteiger partial charge in [-0.2, -0.15) is 11.8 Å². The molecule has 0 saturated carbocycles. The minimum absolute atomic E-state index is 0.0752. The Morgan fingerprint density at radius 3 is 3.18 bits per heavy atom. The molecule has 0 aromatic carbocycles. The third kappa shape index (κ3) is 3.03. The zero-order valence-electron chi connectivity index (χ0n) is 9.96. The molecule has 1 aromatic rings. The molecular formula is C12H18N2OS2. The second-order valence-corrected chi connectivity index (χ2v) is 6.57. The van der Waals surface area contributed by atoms with Gasteiger partial charge >= 0.3 is 0 Å². The molecule has 1 aliphatic heterocycles. The maximum absolute atomic E-state index is 12.3. The van der Waals surface area contributed by atoms with Crippen LogP contribution in [-0.2, 0) is 4.79 Å². The van der Waals surface area contributed by atoms with Crippen molar-refractivity contribution in [2.45, 2.75) is 24.6 Å². The summed E-state index contributed by atoms with van der Waals surface area (Å²) in [5, 5.41) is 2.53. The molecule has 2 atom stereocenters. The van der Waals surface area contributed by atoms with E-state index in [4.69, 9.17) is 5.73 Å². The molecule has 2 N–H and O–H groups in total. The summed E-state index contributed by atoms with van der Waals surface area (Å²) in [6.45, 7) is 3.85. The normalized spacial score (nSPS) is 22.5. The van der Waals surface area contributed by atoms with Gasteiger partial charge in [0.15, 0.2) is 0 Å². The van der Waals surface area contributed by atoms with Gasteiger partial charge in [0.2, 0.25) is 5.91 Å². The fourth-order valence-electron chi connectivity index (χ4n) is 1.95. The number of hydrogen-bond acceptors (Lipinski definition) is 4. The second kappa shape index (κ2) is 5.89. The van der Waals surface area contributed by atoms with Crippen molar-refractivity contribution in [2.24, 2.45) is 5.73 Å². The summed E-state index contributed by atoms with van der Waals surface area (Å²) in [6.07, 6.45) is 1.11. The lowest BCUT2D eigenvalue weighted by atomic mass is 10.2. The molecule has 2 rings (SSSR count). The van der Waals surface area contributed by atoms with E-state index >= 15 is 0 Å². The number of carbonyl (C=O) groups is 1. The van der Waals surface area contributed by atoms with E-state index in [0.717, 1.165) is 30.1 Å². The molecule has 2 heterocycles. The first-order valence-corrected chi connectivity index (χ1v) is 7.84. The van der Waals surface area contributed by atoms with E-state index in [-0.39, 0.29) is 5.91 Å². The fourth-order valence-corrected chi connectivity index (χ4v) is 3.85. The van der Waals surface area contributed by atoms with Crippen molar-refractivity contribution < 1.29 is 4.79 Å². The number of nitrogens with two attached hydrogens (primary N) is 1. The van der Waals surface area contributed by atoms with Crippen LogP contribution in [0, 0.1) is 0 Å². The van der Waals surface area contributed by atoms with Crippen molar-refractivity contribution in [2.75, 3.05) is 18.8 Å². The topological polar surface area (TPSA) is 46.3 Å². The van der Waals surface area contributed by atoms with Crippen molar-refractivity contribution in [3.63, 3.8) is 0 Å². The zero-order chi connectivity index (χ0) is 12.3.